The van der Waals surface area contributed by atoms with Crippen LogP contribution in [0.25, 0.3) is 6.08 Å². The van der Waals surface area contributed by atoms with Crippen molar-refractivity contribution in [3.63, 3.8) is 0 Å². The third kappa shape index (κ3) is 5.25. The average molecular weight is 294 g/mol. The van der Waals surface area contributed by atoms with Crippen LogP contribution >= 0.6 is 0 Å². The second kappa shape index (κ2) is 8.42. The molecule has 1 aromatic heterocycles. The molecule has 0 atom stereocenters. The summed E-state index contributed by atoms with van der Waals surface area (Å²) in [5, 5.41) is 11.7. The van der Waals surface area contributed by atoms with Gasteiger partial charge in [-0.05, 0) is 36.6 Å². The highest BCUT2D eigenvalue weighted by molar-refractivity contribution is 5.91. The van der Waals surface area contributed by atoms with Crippen molar-refractivity contribution >= 4 is 12.0 Å². The maximum atomic E-state index is 11.7. The van der Waals surface area contributed by atoms with Crippen LogP contribution in [0.5, 0.6) is 0 Å². The average Bonchev–Trinajstić information content (AvgIpc) is 3.06. The predicted molar refractivity (Wildman–Crippen MR) is 84.7 cm³/mol. The van der Waals surface area contributed by atoms with E-state index in [-0.39, 0.29) is 5.91 Å². The number of hydrogen-bond acceptors (Lipinski definition) is 3. The lowest BCUT2D eigenvalue weighted by molar-refractivity contribution is -0.116. The highest BCUT2D eigenvalue weighted by Gasteiger charge is 1.96. The summed E-state index contributed by atoms with van der Waals surface area (Å²) in [5.41, 5.74) is 1.43. The summed E-state index contributed by atoms with van der Waals surface area (Å²) in [4.78, 5) is 15.7. The summed E-state index contributed by atoms with van der Waals surface area (Å²) in [7, 11) is 0. The summed E-state index contributed by atoms with van der Waals surface area (Å²) < 4.78 is 2.02. The van der Waals surface area contributed by atoms with Gasteiger partial charge in [0.25, 0.3) is 0 Å². The topological polar surface area (TPSA) is 70.7 Å². The van der Waals surface area contributed by atoms with Gasteiger partial charge in [-0.25, -0.2) is 4.98 Å². The molecule has 1 amide bonds. The molecule has 0 aliphatic heterocycles. The Morgan fingerprint density at radius 3 is 3.09 bits per heavy atom. The van der Waals surface area contributed by atoms with E-state index in [2.05, 4.69) is 16.4 Å². The van der Waals surface area contributed by atoms with Gasteiger partial charge in [-0.3, -0.25) is 4.79 Å². The van der Waals surface area contributed by atoms with Gasteiger partial charge in [0.15, 0.2) is 0 Å². The summed E-state index contributed by atoms with van der Waals surface area (Å²) in [6, 6.07) is 9.21. The van der Waals surface area contributed by atoms with Gasteiger partial charge in [-0.1, -0.05) is 12.1 Å². The number of unbranched alkanes of at least 4 members (excludes halogenated alkanes) is 1. The fourth-order valence-electron chi connectivity index (χ4n) is 1.99. The van der Waals surface area contributed by atoms with Crippen molar-refractivity contribution in [1.29, 1.82) is 5.26 Å². The zero-order valence-corrected chi connectivity index (χ0v) is 12.3. The molecule has 0 radical (unpaired) electrons. The van der Waals surface area contributed by atoms with E-state index in [0.717, 1.165) is 24.9 Å². The maximum Gasteiger partial charge on any atom is 0.243 e. The zero-order chi connectivity index (χ0) is 15.6. The Morgan fingerprint density at radius 1 is 1.41 bits per heavy atom. The number of imidazole rings is 1. The third-order valence-corrected chi connectivity index (χ3v) is 3.14. The molecule has 0 bridgehead atoms. The molecule has 112 valence electrons. The highest BCUT2D eigenvalue weighted by Crippen LogP contribution is 2.05. The molecule has 0 unspecified atom stereocenters. The van der Waals surface area contributed by atoms with Crippen molar-refractivity contribution < 1.29 is 4.79 Å². The molecule has 22 heavy (non-hydrogen) atoms. The minimum Gasteiger partial charge on any atom is -0.353 e. The monoisotopic (exact) mass is 294 g/mol. The van der Waals surface area contributed by atoms with E-state index in [1.54, 1.807) is 36.8 Å². The number of aromatic nitrogens is 2. The van der Waals surface area contributed by atoms with Crippen molar-refractivity contribution in [1.82, 2.24) is 14.9 Å². The minimum atomic E-state index is -0.120. The molecular weight excluding hydrogens is 276 g/mol. The highest BCUT2D eigenvalue weighted by atomic mass is 16.1. The molecule has 0 aliphatic rings. The first-order valence-electron chi connectivity index (χ1n) is 7.20. The number of amides is 1. The first-order chi connectivity index (χ1) is 10.8. The molecule has 2 rings (SSSR count). The molecule has 5 nitrogen and oxygen atoms in total. The van der Waals surface area contributed by atoms with Crippen molar-refractivity contribution in [2.75, 3.05) is 6.54 Å². The smallest absolute Gasteiger partial charge is 0.243 e. The predicted octanol–water partition coefficient (Wildman–Crippen LogP) is 2.36. The number of carbonyl (C=O) groups excluding carboxylic acids is 1. The quantitative estimate of drug-likeness (QED) is 0.629. The van der Waals surface area contributed by atoms with Gasteiger partial charge >= 0.3 is 0 Å². The van der Waals surface area contributed by atoms with E-state index < -0.39 is 0 Å². The Balaban J connectivity index is 1.67. The summed E-state index contributed by atoms with van der Waals surface area (Å²) >= 11 is 0. The molecule has 1 heterocycles. The van der Waals surface area contributed by atoms with Crippen LogP contribution in [0, 0.1) is 11.3 Å². The first-order valence-corrected chi connectivity index (χ1v) is 7.20. The van der Waals surface area contributed by atoms with Crippen LogP contribution in [-0.4, -0.2) is 22.0 Å². The van der Waals surface area contributed by atoms with E-state index in [9.17, 15) is 4.79 Å². The van der Waals surface area contributed by atoms with Crippen LogP contribution in [0.4, 0.5) is 0 Å². The Hall–Kier alpha value is -2.87. The first kappa shape index (κ1) is 15.5. The zero-order valence-electron chi connectivity index (χ0n) is 12.3. The van der Waals surface area contributed by atoms with Crippen molar-refractivity contribution in [2.24, 2.45) is 0 Å². The van der Waals surface area contributed by atoms with E-state index in [4.69, 9.17) is 5.26 Å². The standard InChI is InChI=1S/C17H18N4O/c18-13-16-5-3-4-15(12-16)6-7-17(22)20-8-1-2-10-21-11-9-19-14-21/h3-7,9,11-12,14H,1-2,8,10H2,(H,20,22)/b7-6+. The van der Waals surface area contributed by atoms with Crippen molar-refractivity contribution in [3.05, 3.63) is 60.2 Å². The Morgan fingerprint density at radius 2 is 2.32 bits per heavy atom. The minimum absolute atomic E-state index is 0.120. The maximum absolute atomic E-state index is 11.7. The SMILES string of the molecule is N#Cc1cccc(/C=C/C(=O)NCCCCn2ccnc2)c1. The lowest BCUT2D eigenvalue weighted by atomic mass is 10.1. The van der Waals surface area contributed by atoms with Gasteiger partial charge < -0.3 is 9.88 Å². The van der Waals surface area contributed by atoms with Crippen LogP contribution in [0.2, 0.25) is 0 Å². The lowest BCUT2D eigenvalue weighted by Gasteiger charge is -2.03. The number of nitriles is 1. The van der Waals surface area contributed by atoms with Crippen LogP contribution in [0.1, 0.15) is 24.0 Å². The molecule has 0 spiro atoms. The number of aryl methyl sites for hydroxylation is 1. The summed E-state index contributed by atoms with van der Waals surface area (Å²) in [5.74, 6) is -0.120. The number of carbonyl (C=O) groups is 1. The second-order valence-electron chi connectivity index (χ2n) is 4.87. The Labute approximate surface area is 129 Å². The van der Waals surface area contributed by atoms with Crippen LogP contribution in [0.15, 0.2) is 49.1 Å². The Bertz CT molecular complexity index is 668. The van der Waals surface area contributed by atoms with Crippen LogP contribution in [-0.2, 0) is 11.3 Å². The van der Waals surface area contributed by atoms with Gasteiger partial charge in [0.2, 0.25) is 5.91 Å². The Kier molecular flexibility index (Phi) is 5.94. The third-order valence-electron chi connectivity index (χ3n) is 3.14. The number of benzene rings is 1. The number of nitrogens with one attached hydrogen (secondary N) is 1. The van der Waals surface area contributed by atoms with Gasteiger partial charge in [0.1, 0.15) is 0 Å². The van der Waals surface area contributed by atoms with Crippen molar-refractivity contribution in [2.45, 2.75) is 19.4 Å². The molecule has 2 aromatic rings. The summed E-state index contributed by atoms with van der Waals surface area (Å²) in [6.45, 7) is 1.56. The molecule has 1 aromatic carbocycles. The molecule has 1 N–H and O–H groups in total. The van der Waals surface area contributed by atoms with Crippen molar-refractivity contribution in [3.8, 4) is 6.07 Å². The van der Waals surface area contributed by atoms with E-state index >= 15 is 0 Å². The van der Waals surface area contributed by atoms with Gasteiger partial charge in [0.05, 0.1) is 18.0 Å². The number of hydrogen-bond donors (Lipinski definition) is 1. The van der Waals surface area contributed by atoms with Gasteiger partial charge in [-0.15, -0.1) is 0 Å². The van der Waals surface area contributed by atoms with Gasteiger partial charge in [-0.2, -0.15) is 5.26 Å². The molecule has 0 fully saturated rings. The second-order valence-corrected chi connectivity index (χ2v) is 4.87. The van der Waals surface area contributed by atoms with Crippen LogP contribution < -0.4 is 5.32 Å². The number of rotatable bonds is 7. The lowest BCUT2D eigenvalue weighted by Crippen LogP contribution is -2.22. The summed E-state index contributed by atoms with van der Waals surface area (Å²) in [6.07, 6.45) is 10.6. The largest absolute Gasteiger partial charge is 0.353 e. The van der Waals surface area contributed by atoms with E-state index in [1.165, 1.54) is 6.08 Å². The molecule has 0 saturated carbocycles. The van der Waals surface area contributed by atoms with E-state index in [0.29, 0.717) is 12.1 Å². The molecular formula is C17H18N4O. The molecule has 0 saturated heterocycles. The molecule has 5 heteroatoms. The normalized spacial score (nSPS) is 10.5. The fourth-order valence-corrected chi connectivity index (χ4v) is 1.99. The van der Waals surface area contributed by atoms with E-state index in [1.807, 2.05) is 16.8 Å². The van der Waals surface area contributed by atoms with Crippen LogP contribution in [0.3, 0.4) is 0 Å². The van der Waals surface area contributed by atoms with Gasteiger partial charge in [0, 0.05) is 31.6 Å². The fraction of sp³-hybridized carbons (Fsp3) is 0.235. The molecule has 0 aliphatic carbocycles. The number of nitrogens with zero attached hydrogens (tertiary/aromatic N) is 3.